The highest BCUT2D eigenvalue weighted by Gasteiger charge is 2.28. The van der Waals surface area contributed by atoms with Crippen molar-refractivity contribution in [3.63, 3.8) is 0 Å². The summed E-state index contributed by atoms with van der Waals surface area (Å²) in [6.07, 6.45) is 7.36. The number of pyridine rings is 1. The second-order valence-corrected chi connectivity index (χ2v) is 8.96. The van der Waals surface area contributed by atoms with E-state index in [1.54, 1.807) is 0 Å². The number of rotatable bonds is 9. The molecule has 1 fully saturated rings. The summed E-state index contributed by atoms with van der Waals surface area (Å²) in [7, 11) is 0. The molecule has 0 amide bonds. The number of aliphatic hydroxyl groups is 1. The molecular formula is C24H34N6O2. The molecule has 1 atom stereocenters. The number of H-pyrrole nitrogens is 1. The summed E-state index contributed by atoms with van der Waals surface area (Å²) >= 11 is 0. The van der Waals surface area contributed by atoms with Gasteiger partial charge in [0.25, 0.3) is 5.56 Å². The molecule has 0 spiro atoms. The summed E-state index contributed by atoms with van der Waals surface area (Å²) < 4.78 is 2.02. The molecule has 8 heteroatoms. The normalized spacial score (nSPS) is 16.1. The van der Waals surface area contributed by atoms with E-state index < -0.39 is 0 Å². The molecule has 1 unspecified atom stereocenters. The van der Waals surface area contributed by atoms with Gasteiger partial charge in [0.1, 0.15) is 0 Å². The van der Waals surface area contributed by atoms with Crippen LogP contribution in [-0.4, -0.2) is 48.3 Å². The minimum absolute atomic E-state index is 0.0221. The van der Waals surface area contributed by atoms with E-state index in [0.717, 1.165) is 47.1 Å². The molecule has 0 aliphatic heterocycles. The molecule has 1 aromatic carbocycles. The molecular weight excluding hydrogens is 404 g/mol. The van der Waals surface area contributed by atoms with Crippen LogP contribution in [0, 0.1) is 6.92 Å². The molecule has 2 aromatic heterocycles. The number of nitrogens with one attached hydrogen (secondary N) is 1. The lowest BCUT2D eigenvalue weighted by atomic mass is 9.95. The molecule has 0 bridgehead atoms. The maximum Gasteiger partial charge on any atom is 0.252 e. The Hall–Kier alpha value is -2.58. The van der Waals surface area contributed by atoms with E-state index in [9.17, 15) is 9.90 Å². The summed E-state index contributed by atoms with van der Waals surface area (Å²) in [4.78, 5) is 18.1. The summed E-state index contributed by atoms with van der Waals surface area (Å²) in [6.45, 7) is 5.43. The van der Waals surface area contributed by atoms with Crippen LogP contribution in [0.5, 0.6) is 0 Å². The fraction of sp³-hybridized carbons (Fsp3) is 0.583. The van der Waals surface area contributed by atoms with Gasteiger partial charge in [-0.15, -0.1) is 5.10 Å². The summed E-state index contributed by atoms with van der Waals surface area (Å²) in [5.74, 6) is 0.866. The first-order chi connectivity index (χ1) is 15.6. The number of aromatic amines is 1. The van der Waals surface area contributed by atoms with E-state index in [1.807, 2.05) is 22.9 Å². The molecule has 0 radical (unpaired) electrons. The van der Waals surface area contributed by atoms with E-state index >= 15 is 0 Å². The number of benzene rings is 1. The predicted octanol–water partition coefficient (Wildman–Crippen LogP) is 3.66. The fourth-order valence-electron chi connectivity index (χ4n) is 4.94. The number of tetrazole rings is 1. The molecule has 1 aliphatic carbocycles. The molecule has 3 aromatic rings. The smallest absolute Gasteiger partial charge is 0.252 e. The van der Waals surface area contributed by atoms with Gasteiger partial charge in [0.2, 0.25) is 0 Å². The van der Waals surface area contributed by atoms with Crippen LogP contribution in [0.15, 0.2) is 29.1 Å². The highest BCUT2D eigenvalue weighted by atomic mass is 16.3. The van der Waals surface area contributed by atoms with Crippen LogP contribution in [0.3, 0.4) is 0 Å². The number of fused-ring (bicyclic) bond motifs is 1. The van der Waals surface area contributed by atoms with Gasteiger partial charge in [-0.1, -0.05) is 37.8 Å². The Kier molecular flexibility index (Phi) is 7.32. The maximum atomic E-state index is 12.9. The first-order valence-corrected chi connectivity index (χ1v) is 11.9. The molecule has 32 heavy (non-hydrogen) atoms. The molecule has 0 saturated heterocycles. The highest BCUT2D eigenvalue weighted by Crippen LogP contribution is 2.32. The van der Waals surface area contributed by atoms with Crippen molar-refractivity contribution in [2.24, 2.45) is 0 Å². The minimum atomic E-state index is -0.0722. The van der Waals surface area contributed by atoms with E-state index in [0.29, 0.717) is 25.6 Å². The van der Waals surface area contributed by atoms with Crippen molar-refractivity contribution in [3.05, 3.63) is 51.6 Å². The number of hydrogen-bond acceptors (Lipinski definition) is 6. The second kappa shape index (κ2) is 10.4. The van der Waals surface area contributed by atoms with Crippen LogP contribution in [0.2, 0.25) is 0 Å². The third-order valence-corrected chi connectivity index (χ3v) is 6.62. The fourth-order valence-corrected chi connectivity index (χ4v) is 4.94. The van der Waals surface area contributed by atoms with Gasteiger partial charge in [0, 0.05) is 30.8 Å². The van der Waals surface area contributed by atoms with E-state index in [4.69, 9.17) is 0 Å². The largest absolute Gasteiger partial charge is 0.396 e. The molecule has 1 saturated carbocycles. The number of hydrogen-bond donors (Lipinski definition) is 2. The van der Waals surface area contributed by atoms with Gasteiger partial charge in [0.15, 0.2) is 5.82 Å². The first kappa shape index (κ1) is 22.6. The van der Waals surface area contributed by atoms with Gasteiger partial charge in [-0.25, -0.2) is 4.68 Å². The standard InChI is InChI=1S/C24H34N6O2/c1-3-22(23-26-27-28-30(23)20-8-5-4-6-9-20)29(12-7-13-31)16-19-15-18-14-17(2)10-11-21(18)25-24(19)32/h10-11,14-15,20,22,31H,3-9,12-13,16H2,1-2H3,(H,25,32). The second-order valence-electron chi connectivity index (χ2n) is 8.96. The number of aryl methyl sites for hydroxylation is 1. The third kappa shape index (κ3) is 4.91. The third-order valence-electron chi connectivity index (χ3n) is 6.62. The Morgan fingerprint density at radius 3 is 2.81 bits per heavy atom. The molecule has 1 aliphatic rings. The predicted molar refractivity (Wildman–Crippen MR) is 124 cm³/mol. The number of nitrogens with zero attached hydrogens (tertiary/aromatic N) is 5. The lowest BCUT2D eigenvalue weighted by molar-refractivity contribution is 0.147. The number of aliphatic hydroxyl groups excluding tert-OH is 1. The lowest BCUT2D eigenvalue weighted by Gasteiger charge is -2.32. The SMILES string of the molecule is CCC(c1nnnn1C1CCCCC1)N(CCCO)Cc1cc2cc(C)ccc2[nH]c1=O. The van der Waals surface area contributed by atoms with Crippen LogP contribution in [0.4, 0.5) is 0 Å². The summed E-state index contributed by atoms with van der Waals surface area (Å²) in [5, 5.41) is 23.4. The van der Waals surface area contributed by atoms with Crippen LogP contribution >= 0.6 is 0 Å². The van der Waals surface area contributed by atoms with Crippen molar-refractivity contribution in [1.29, 1.82) is 0 Å². The van der Waals surface area contributed by atoms with E-state index in [1.165, 1.54) is 19.3 Å². The van der Waals surface area contributed by atoms with Crippen molar-refractivity contribution in [2.75, 3.05) is 13.2 Å². The van der Waals surface area contributed by atoms with Gasteiger partial charge in [-0.2, -0.15) is 0 Å². The highest BCUT2D eigenvalue weighted by molar-refractivity contribution is 5.79. The summed E-state index contributed by atoms with van der Waals surface area (Å²) in [6, 6.07) is 8.36. The van der Waals surface area contributed by atoms with E-state index in [-0.39, 0.29) is 18.2 Å². The monoisotopic (exact) mass is 438 g/mol. The Bertz CT molecular complexity index is 1090. The van der Waals surface area contributed by atoms with Gasteiger partial charge >= 0.3 is 0 Å². The van der Waals surface area contributed by atoms with Gasteiger partial charge < -0.3 is 10.1 Å². The zero-order valence-corrected chi connectivity index (χ0v) is 19.1. The van der Waals surface area contributed by atoms with Crippen molar-refractivity contribution in [2.45, 2.75) is 77.4 Å². The van der Waals surface area contributed by atoms with Gasteiger partial charge in [-0.3, -0.25) is 9.69 Å². The summed E-state index contributed by atoms with van der Waals surface area (Å²) in [5.41, 5.74) is 2.65. The van der Waals surface area contributed by atoms with Crippen molar-refractivity contribution in [3.8, 4) is 0 Å². The Labute approximate surface area is 188 Å². The maximum absolute atomic E-state index is 12.9. The minimum Gasteiger partial charge on any atom is -0.396 e. The van der Waals surface area contributed by atoms with Crippen molar-refractivity contribution >= 4 is 10.9 Å². The van der Waals surface area contributed by atoms with Crippen LogP contribution in [-0.2, 0) is 6.54 Å². The molecule has 2 N–H and O–H groups in total. The quantitative estimate of drug-likeness (QED) is 0.529. The Morgan fingerprint density at radius 2 is 2.06 bits per heavy atom. The lowest BCUT2D eigenvalue weighted by Crippen LogP contribution is -2.34. The zero-order chi connectivity index (χ0) is 22.5. The Balaban J connectivity index is 1.66. The van der Waals surface area contributed by atoms with Crippen molar-refractivity contribution in [1.82, 2.24) is 30.1 Å². The zero-order valence-electron chi connectivity index (χ0n) is 19.1. The average Bonchev–Trinajstić information content (AvgIpc) is 3.28. The first-order valence-electron chi connectivity index (χ1n) is 11.9. The molecule has 4 rings (SSSR count). The van der Waals surface area contributed by atoms with Crippen LogP contribution in [0.25, 0.3) is 10.9 Å². The van der Waals surface area contributed by atoms with Crippen molar-refractivity contribution < 1.29 is 5.11 Å². The molecule has 172 valence electrons. The average molecular weight is 439 g/mol. The topological polar surface area (TPSA) is 99.9 Å². The number of aromatic nitrogens is 5. The van der Waals surface area contributed by atoms with Crippen LogP contribution in [0.1, 0.15) is 80.9 Å². The Morgan fingerprint density at radius 1 is 1.25 bits per heavy atom. The van der Waals surface area contributed by atoms with E-state index in [2.05, 4.69) is 45.3 Å². The van der Waals surface area contributed by atoms with Gasteiger partial charge in [0.05, 0.1) is 12.1 Å². The van der Waals surface area contributed by atoms with Crippen LogP contribution < -0.4 is 5.56 Å². The molecule has 8 nitrogen and oxygen atoms in total. The molecule has 2 heterocycles. The van der Waals surface area contributed by atoms with Gasteiger partial charge in [-0.05, 0) is 66.6 Å².